The molecule has 0 N–H and O–H groups in total. The fourth-order valence-corrected chi connectivity index (χ4v) is 5.45. The zero-order chi connectivity index (χ0) is 27.7. The van der Waals surface area contributed by atoms with Crippen molar-refractivity contribution < 1.29 is 37.1 Å². The molecule has 0 aliphatic heterocycles. The average Bonchev–Trinajstić information content (AvgIpc) is 2.87. The number of pyridine rings is 1. The molecule has 0 aliphatic carbocycles. The van der Waals surface area contributed by atoms with Crippen LogP contribution in [0.25, 0.3) is 10.9 Å². The van der Waals surface area contributed by atoms with Crippen LogP contribution >= 0.6 is 7.60 Å². The van der Waals surface area contributed by atoms with E-state index < -0.39 is 18.3 Å². The number of fused-ring (bicyclic) bond motifs is 1. The summed E-state index contributed by atoms with van der Waals surface area (Å²) in [6.07, 6.45) is 2.31. The number of hydrogen-bond donors (Lipinski definition) is 0. The number of methoxy groups -OCH3 is 1. The molecule has 0 saturated heterocycles. The van der Waals surface area contributed by atoms with Gasteiger partial charge >= 0.3 is 7.60 Å². The van der Waals surface area contributed by atoms with E-state index in [-0.39, 0.29) is 17.7 Å². The minimum absolute atomic E-state index is 0.162. The number of nitro groups is 1. The lowest BCUT2D eigenvalue weighted by atomic mass is 10.1. The molecule has 0 spiro atoms. The summed E-state index contributed by atoms with van der Waals surface area (Å²) >= 11 is 0. The lowest BCUT2D eigenvalue weighted by molar-refractivity contribution is -0.385. The van der Waals surface area contributed by atoms with Crippen LogP contribution in [-0.4, -0.2) is 61.6 Å². The van der Waals surface area contributed by atoms with Crippen LogP contribution in [0, 0.1) is 15.9 Å². The van der Waals surface area contributed by atoms with E-state index in [2.05, 4.69) is 4.98 Å². The Morgan fingerprint density at radius 1 is 1.05 bits per heavy atom. The number of halogens is 1. The molecule has 0 atom stereocenters. The number of benzene rings is 2. The summed E-state index contributed by atoms with van der Waals surface area (Å²) in [5.74, 6) is 0.153. The summed E-state index contributed by atoms with van der Waals surface area (Å²) in [4.78, 5) is 16.4. The van der Waals surface area contributed by atoms with Crippen LogP contribution in [0.2, 0.25) is 0 Å². The second-order valence-electron chi connectivity index (χ2n) is 8.17. The van der Waals surface area contributed by atoms with Gasteiger partial charge in [0.2, 0.25) is 0 Å². The number of nitrogens with zero attached hydrogens (tertiary/aromatic N) is 3. The molecule has 0 aliphatic rings. The molecule has 206 valence electrons. The highest BCUT2D eigenvalue weighted by Gasteiger charge is 2.25. The molecule has 11 nitrogen and oxygen atoms in total. The van der Waals surface area contributed by atoms with Gasteiger partial charge in [-0.2, -0.15) is 0 Å². The van der Waals surface area contributed by atoms with Crippen LogP contribution < -0.4 is 14.2 Å². The maximum atomic E-state index is 14.4. The number of ether oxygens (including phenoxy) is 3. The summed E-state index contributed by atoms with van der Waals surface area (Å²) in [6.45, 7) is 5.10. The fraction of sp³-hybridized carbons (Fsp3) is 0.400. The van der Waals surface area contributed by atoms with E-state index in [1.54, 1.807) is 32.0 Å². The van der Waals surface area contributed by atoms with E-state index in [4.69, 9.17) is 23.3 Å². The van der Waals surface area contributed by atoms with Crippen molar-refractivity contribution >= 4 is 24.2 Å². The first-order chi connectivity index (χ1) is 18.2. The minimum Gasteiger partial charge on any atom is -0.493 e. The smallest absolute Gasteiger partial charge is 0.344 e. The zero-order valence-corrected chi connectivity index (χ0v) is 22.6. The van der Waals surface area contributed by atoms with E-state index in [1.165, 1.54) is 19.4 Å². The monoisotopic (exact) mass is 551 g/mol. The number of hydrogen-bond acceptors (Lipinski definition) is 10. The minimum atomic E-state index is -3.17. The molecule has 0 unspecified atom stereocenters. The van der Waals surface area contributed by atoms with Crippen molar-refractivity contribution in [1.82, 2.24) is 9.88 Å². The van der Waals surface area contributed by atoms with Crippen LogP contribution in [0.3, 0.4) is 0 Å². The Kier molecular flexibility index (Phi) is 10.4. The Morgan fingerprint density at radius 2 is 1.79 bits per heavy atom. The standard InChI is InChI=1S/C25H31FN3O8P/c1-5-35-38(32,36-6-2)17-28(3)12-7-13-34-25-16-21-19(15-24(25)33-4)22(10-11-27-21)37-23-9-8-18(29(30)31)14-20(23)26/h8-11,14-16H,5-7,12-13,17H2,1-4H3. The Bertz CT molecular complexity index is 1300. The number of aromatic nitrogens is 1. The van der Waals surface area contributed by atoms with Crippen molar-refractivity contribution in [3.05, 3.63) is 58.5 Å². The van der Waals surface area contributed by atoms with Gasteiger partial charge in [0.05, 0.1) is 43.4 Å². The molecule has 3 rings (SSSR count). The van der Waals surface area contributed by atoms with E-state index in [0.29, 0.717) is 60.9 Å². The maximum absolute atomic E-state index is 14.4. The van der Waals surface area contributed by atoms with E-state index >= 15 is 0 Å². The van der Waals surface area contributed by atoms with Crippen molar-refractivity contribution in [1.29, 1.82) is 0 Å². The predicted molar refractivity (Wildman–Crippen MR) is 140 cm³/mol. The first-order valence-corrected chi connectivity index (χ1v) is 13.7. The van der Waals surface area contributed by atoms with Gasteiger partial charge in [0.25, 0.3) is 5.69 Å². The van der Waals surface area contributed by atoms with Crippen LogP contribution in [0.1, 0.15) is 20.3 Å². The molecule has 1 heterocycles. The Balaban J connectivity index is 1.69. The lowest BCUT2D eigenvalue weighted by Crippen LogP contribution is -2.24. The quantitative estimate of drug-likeness (QED) is 0.0961. The molecule has 0 saturated carbocycles. The van der Waals surface area contributed by atoms with Gasteiger partial charge in [-0.15, -0.1) is 0 Å². The van der Waals surface area contributed by atoms with Crippen molar-refractivity contribution in [2.45, 2.75) is 20.3 Å². The molecule has 0 fully saturated rings. The third-order valence-electron chi connectivity index (χ3n) is 5.34. The highest BCUT2D eigenvalue weighted by molar-refractivity contribution is 7.53. The molecule has 1 aromatic heterocycles. The Labute approximate surface area is 220 Å². The van der Waals surface area contributed by atoms with Crippen molar-refractivity contribution in [3.8, 4) is 23.0 Å². The van der Waals surface area contributed by atoms with Gasteiger partial charge in [-0.05, 0) is 45.5 Å². The summed E-state index contributed by atoms with van der Waals surface area (Å²) < 4.78 is 54.9. The molecular weight excluding hydrogens is 520 g/mol. The number of rotatable bonds is 15. The molecular formula is C25H31FN3O8P. The van der Waals surface area contributed by atoms with E-state index in [9.17, 15) is 19.1 Å². The molecule has 13 heteroatoms. The van der Waals surface area contributed by atoms with E-state index in [1.807, 2.05) is 11.9 Å². The van der Waals surface area contributed by atoms with Crippen LogP contribution in [0.5, 0.6) is 23.0 Å². The van der Waals surface area contributed by atoms with E-state index in [0.717, 1.165) is 12.1 Å². The zero-order valence-electron chi connectivity index (χ0n) is 21.7. The molecule has 0 bridgehead atoms. The van der Waals surface area contributed by atoms with Crippen LogP contribution in [-0.2, 0) is 13.6 Å². The fourth-order valence-electron chi connectivity index (χ4n) is 3.69. The molecule has 2 aromatic carbocycles. The van der Waals surface area contributed by atoms with Gasteiger partial charge in [0.1, 0.15) is 12.0 Å². The van der Waals surface area contributed by atoms with Gasteiger partial charge in [-0.1, -0.05) is 0 Å². The first kappa shape index (κ1) is 29.2. The summed E-state index contributed by atoms with van der Waals surface area (Å²) in [7, 11) is 0.157. The molecule has 3 aromatic rings. The SMILES string of the molecule is CCOP(=O)(CN(C)CCCOc1cc2nccc(Oc3ccc([N+](=O)[O-])cc3F)c2cc1OC)OCC. The topological polar surface area (TPSA) is 122 Å². The highest BCUT2D eigenvalue weighted by atomic mass is 31.2. The van der Waals surface area contributed by atoms with Gasteiger partial charge in [-0.25, -0.2) is 4.39 Å². The predicted octanol–water partition coefficient (Wildman–Crippen LogP) is 6.01. The Hall–Kier alpha value is -3.31. The van der Waals surface area contributed by atoms with Crippen LogP contribution in [0.4, 0.5) is 10.1 Å². The highest BCUT2D eigenvalue weighted by Crippen LogP contribution is 2.48. The van der Waals surface area contributed by atoms with Crippen LogP contribution in [0.15, 0.2) is 42.6 Å². The van der Waals surface area contributed by atoms with Gasteiger partial charge in [-0.3, -0.25) is 24.6 Å². The lowest BCUT2D eigenvalue weighted by Gasteiger charge is -2.23. The molecule has 0 radical (unpaired) electrons. The first-order valence-electron chi connectivity index (χ1n) is 12.0. The second-order valence-corrected chi connectivity index (χ2v) is 10.2. The summed E-state index contributed by atoms with van der Waals surface area (Å²) in [5, 5.41) is 11.4. The summed E-state index contributed by atoms with van der Waals surface area (Å²) in [5.41, 5.74) is 0.147. The number of non-ortho nitro benzene ring substituents is 1. The van der Waals surface area contributed by atoms with Crippen molar-refractivity contribution in [2.24, 2.45) is 0 Å². The average molecular weight is 552 g/mol. The third-order valence-corrected chi connectivity index (χ3v) is 7.47. The normalized spacial score (nSPS) is 11.6. The third kappa shape index (κ3) is 7.61. The molecule has 38 heavy (non-hydrogen) atoms. The van der Waals surface area contributed by atoms with Gasteiger partial charge < -0.3 is 23.3 Å². The Morgan fingerprint density at radius 3 is 2.42 bits per heavy atom. The van der Waals surface area contributed by atoms with Gasteiger partial charge in [0.15, 0.2) is 23.1 Å². The van der Waals surface area contributed by atoms with Crippen molar-refractivity contribution in [2.75, 3.05) is 46.8 Å². The second kappa shape index (κ2) is 13.5. The number of nitro benzene ring substituents is 1. The maximum Gasteiger partial charge on any atom is 0.344 e. The van der Waals surface area contributed by atoms with Gasteiger partial charge in [0, 0.05) is 30.3 Å². The largest absolute Gasteiger partial charge is 0.493 e. The van der Waals surface area contributed by atoms with Crippen molar-refractivity contribution in [3.63, 3.8) is 0 Å². The summed E-state index contributed by atoms with van der Waals surface area (Å²) in [6, 6.07) is 8.08. The molecule has 0 amide bonds.